The Morgan fingerprint density at radius 3 is 3.00 bits per heavy atom. The quantitative estimate of drug-likeness (QED) is 0.873. The zero-order chi connectivity index (χ0) is 13.7. The summed E-state index contributed by atoms with van der Waals surface area (Å²) >= 11 is 0. The number of aromatic nitrogens is 1. The van der Waals surface area contributed by atoms with Gasteiger partial charge >= 0.3 is 0 Å². The van der Waals surface area contributed by atoms with E-state index in [-0.39, 0.29) is 0 Å². The fourth-order valence-corrected chi connectivity index (χ4v) is 2.86. The van der Waals surface area contributed by atoms with Gasteiger partial charge in [0.25, 0.3) is 0 Å². The van der Waals surface area contributed by atoms with Crippen LogP contribution in [0.3, 0.4) is 0 Å². The van der Waals surface area contributed by atoms with Gasteiger partial charge in [-0.2, -0.15) is 0 Å². The van der Waals surface area contributed by atoms with Crippen molar-refractivity contribution in [3.05, 3.63) is 23.9 Å². The monoisotopic (exact) mass is 261 g/mol. The van der Waals surface area contributed by atoms with Gasteiger partial charge in [0.15, 0.2) is 0 Å². The van der Waals surface area contributed by atoms with E-state index in [0.29, 0.717) is 12.1 Å². The fraction of sp³-hybridized carbons (Fsp3) is 0.688. The van der Waals surface area contributed by atoms with Crippen molar-refractivity contribution in [2.24, 2.45) is 0 Å². The summed E-state index contributed by atoms with van der Waals surface area (Å²) in [6.07, 6.45) is 6.94. The lowest BCUT2D eigenvalue weighted by Gasteiger charge is -2.36. The SMILES string of the molecule is CC[C@H](C)Nc1ncccc1[C@H]1CCCCN1CC. The maximum absolute atomic E-state index is 4.57. The Morgan fingerprint density at radius 2 is 2.26 bits per heavy atom. The number of hydrogen-bond donors (Lipinski definition) is 1. The van der Waals surface area contributed by atoms with Gasteiger partial charge in [-0.25, -0.2) is 4.98 Å². The topological polar surface area (TPSA) is 28.2 Å². The van der Waals surface area contributed by atoms with Gasteiger partial charge in [-0.15, -0.1) is 0 Å². The third-order valence-corrected chi connectivity index (χ3v) is 4.21. The predicted molar refractivity (Wildman–Crippen MR) is 81.5 cm³/mol. The molecule has 1 aromatic heterocycles. The molecular formula is C16H27N3. The van der Waals surface area contributed by atoms with Crippen LogP contribution in [0.15, 0.2) is 18.3 Å². The molecule has 1 N–H and O–H groups in total. The third-order valence-electron chi connectivity index (χ3n) is 4.21. The van der Waals surface area contributed by atoms with E-state index in [1.54, 1.807) is 0 Å². The number of pyridine rings is 1. The molecule has 1 aromatic rings. The van der Waals surface area contributed by atoms with Crippen LogP contribution in [0.4, 0.5) is 5.82 Å². The average molecular weight is 261 g/mol. The van der Waals surface area contributed by atoms with Crippen molar-refractivity contribution in [2.75, 3.05) is 18.4 Å². The van der Waals surface area contributed by atoms with Crippen molar-refractivity contribution in [3.8, 4) is 0 Å². The summed E-state index contributed by atoms with van der Waals surface area (Å²) < 4.78 is 0. The molecule has 3 heteroatoms. The van der Waals surface area contributed by atoms with E-state index in [2.05, 4.69) is 48.1 Å². The van der Waals surface area contributed by atoms with Gasteiger partial charge in [-0.05, 0) is 45.3 Å². The number of piperidine rings is 1. The third kappa shape index (κ3) is 3.47. The molecule has 0 aromatic carbocycles. The van der Waals surface area contributed by atoms with Gasteiger partial charge in [-0.1, -0.05) is 26.3 Å². The van der Waals surface area contributed by atoms with E-state index in [0.717, 1.165) is 18.8 Å². The van der Waals surface area contributed by atoms with Gasteiger partial charge in [0, 0.05) is 23.8 Å². The van der Waals surface area contributed by atoms with E-state index in [4.69, 9.17) is 0 Å². The smallest absolute Gasteiger partial charge is 0.130 e. The lowest BCUT2D eigenvalue weighted by Crippen LogP contribution is -2.34. The highest BCUT2D eigenvalue weighted by Gasteiger charge is 2.25. The van der Waals surface area contributed by atoms with Crippen molar-refractivity contribution in [3.63, 3.8) is 0 Å². The van der Waals surface area contributed by atoms with Gasteiger partial charge < -0.3 is 5.32 Å². The van der Waals surface area contributed by atoms with Crippen LogP contribution in [0.2, 0.25) is 0 Å². The summed E-state index contributed by atoms with van der Waals surface area (Å²) in [6, 6.07) is 5.34. The molecule has 3 nitrogen and oxygen atoms in total. The molecule has 0 amide bonds. The molecule has 0 saturated carbocycles. The van der Waals surface area contributed by atoms with E-state index < -0.39 is 0 Å². The zero-order valence-electron chi connectivity index (χ0n) is 12.5. The zero-order valence-corrected chi connectivity index (χ0v) is 12.5. The first-order valence-corrected chi connectivity index (χ1v) is 7.71. The first kappa shape index (κ1) is 14.3. The van der Waals surface area contributed by atoms with Gasteiger partial charge in [-0.3, -0.25) is 4.90 Å². The summed E-state index contributed by atoms with van der Waals surface area (Å²) in [6.45, 7) is 9.04. The van der Waals surface area contributed by atoms with E-state index in [1.807, 2.05) is 6.20 Å². The van der Waals surface area contributed by atoms with Gasteiger partial charge in [0.05, 0.1) is 0 Å². The number of nitrogens with zero attached hydrogens (tertiary/aromatic N) is 2. The molecule has 1 aliphatic heterocycles. The lowest BCUT2D eigenvalue weighted by atomic mass is 9.95. The van der Waals surface area contributed by atoms with Crippen molar-refractivity contribution in [1.82, 2.24) is 9.88 Å². The maximum atomic E-state index is 4.57. The number of nitrogens with one attached hydrogen (secondary N) is 1. The molecule has 106 valence electrons. The molecule has 0 radical (unpaired) electrons. The molecule has 2 heterocycles. The highest BCUT2D eigenvalue weighted by Crippen LogP contribution is 2.33. The molecule has 0 spiro atoms. The van der Waals surface area contributed by atoms with Crippen LogP contribution in [-0.4, -0.2) is 29.0 Å². The maximum Gasteiger partial charge on any atom is 0.130 e. The van der Waals surface area contributed by atoms with Crippen molar-refractivity contribution >= 4 is 5.82 Å². The van der Waals surface area contributed by atoms with Gasteiger partial charge in [0.2, 0.25) is 0 Å². The minimum atomic E-state index is 0.479. The van der Waals surface area contributed by atoms with Crippen LogP contribution in [0.1, 0.15) is 58.1 Å². The van der Waals surface area contributed by atoms with Crippen molar-refractivity contribution in [2.45, 2.75) is 58.5 Å². The summed E-state index contributed by atoms with van der Waals surface area (Å²) in [5.41, 5.74) is 1.38. The van der Waals surface area contributed by atoms with E-state index in [1.165, 1.54) is 31.4 Å². The summed E-state index contributed by atoms with van der Waals surface area (Å²) in [7, 11) is 0. The minimum absolute atomic E-state index is 0.479. The van der Waals surface area contributed by atoms with Crippen LogP contribution in [-0.2, 0) is 0 Å². The van der Waals surface area contributed by atoms with E-state index >= 15 is 0 Å². The summed E-state index contributed by atoms with van der Waals surface area (Å²) in [5, 5.41) is 3.56. The number of likely N-dealkylation sites (tertiary alicyclic amines) is 1. The second-order valence-corrected chi connectivity index (χ2v) is 5.54. The second-order valence-electron chi connectivity index (χ2n) is 5.54. The van der Waals surface area contributed by atoms with Crippen LogP contribution < -0.4 is 5.32 Å². The Balaban J connectivity index is 2.22. The minimum Gasteiger partial charge on any atom is -0.367 e. The largest absolute Gasteiger partial charge is 0.367 e. The molecule has 1 aliphatic rings. The predicted octanol–water partition coefficient (Wildman–Crippen LogP) is 3.84. The highest BCUT2D eigenvalue weighted by atomic mass is 15.2. The first-order valence-electron chi connectivity index (χ1n) is 7.71. The Hall–Kier alpha value is -1.09. The first-order chi connectivity index (χ1) is 9.26. The van der Waals surface area contributed by atoms with Crippen LogP contribution in [0.25, 0.3) is 0 Å². The van der Waals surface area contributed by atoms with Crippen LogP contribution in [0.5, 0.6) is 0 Å². The molecule has 0 unspecified atom stereocenters. The number of anilines is 1. The molecule has 1 fully saturated rings. The molecule has 19 heavy (non-hydrogen) atoms. The normalized spacial score (nSPS) is 22.2. The Kier molecular flexibility index (Phi) is 5.20. The van der Waals surface area contributed by atoms with Crippen LogP contribution >= 0.6 is 0 Å². The summed E-state index contributed by atoms with van der Waals surface area (Å²) in [4.78, 5) is 7.16. The summed E-state index contributed by atoms with van der Waals surface area (Å²) in [5.74, 6) is 1.09. The fourth-order valence-electron chi connectivity index (χ4n) is 2.86. The Bertz CT molecular complexity index is 391. The Morgan fingerprint density at radius 1 is 1.42 bits per heavy atom. The van der Waals surface area contributed by atoms with Crippen LogP contribution in [0, 0.1) is 0 Å². The second kappa shape index (κ2) is 6.90. The molecule has 0 bridgehead atoms. The molecular weight excluding hydrogens is 234 g/mol. The van der Waals surface area contributed by atoms with E-state index in [9.17, 15) is 0 Å². The van der Waals surface area contributed by atoms with Crippen molar-refractivity contribution < 1.29 is 0 Å². The average Bonchev–Trinajstić information content (AvgIpc) is 2.47. The standard InChI is InChI=1S/C16H27N3/c1-4-13(3)18-16-14(9-8-11-17-16)15-10-6-7-12-19(15)5-2/h8-9,11,13,15H,4-7,10,12H2,1-3H3,(H,17,18)/t13-,15+/m0/s1. The van der Waals surface area contributed by atoms with Gasteiger partial charge in [0.1, 0.15) is 5.82 Å². The lowest BCUT2D eigenvalue weighted by molar-refractivity contribution is 0.157. The highest BCUT2D eigenvalue weighted by molar-refractivity contribution is 5.46. The molecule has 2 atom stereocenters. The molecule has 0 aliphatic carbocycles. The van der Waals surface area contributed by atoms with Crippen molar-refractivity contribution in [1.29, 1.82) is 0 Å². The molecule has 2 rings (SSSR count). The number of rotatable bonds is 5. The number of hydrogen-bond acceptors (Lipinski definition) is 3. The Labute approximate surface area is 117 Å². The molecule has 1 saturated heterocycles.